The number of halogens is 2. The molecule has 9 heteroatoms. The fraction of sp³-hybridized carbons (Fsp3) is 0.441. The number of likely N-dealkylation sites (tertiary alicyclic amines) is 1. The van der Waals surface area contributed by atoms with Gasteiger partial charge in [0.1, 0.15) is 18.1 Å². The van der Waals surface area contributed by atoms with Crippen molar-refractivity contribution in [2.45, 2.75) is 45.3 Å². The van der Waals surface area contributed by atoms with Crippen molar-refractivity contribution in [3.63, 3.8) is 0 Å². The molecule has 5 rings (SSSR count). The molecule has 0 aromatic heterocycles. The number of rotatable bonds is 11. The molecule has 7 nitrogen and oxygen atoms in total. The summed E-state index contributed by atoms with van der Waals surface area (Å²) >= 11 is 0. The van der Waals surface area contributed by atoms with E-state index in [2.05, 4.69) is 52.3 Å². The first-order valence-corrected chi connectivity index (χ1v) is 14.6. The molecule has 0 aliphatic carbocycles. The predicted molar refractivity (Wildman–Crippen MR) is 174 cm³/mol. The smallest absolute Gasteiger partial charge is 0.203 e. The molecule has 1 fully saturated rings. The summed E-state index contributed by atoms with van der Waals surface area (Å²) in [6.45, 7) is 6.05. The number of benzene rings is 3. The van der Waals surface area contributed by atoms with Crippen molar-refractivity contribution in [1.82, 2.24) is 9.80 Å². The van der Waals surface area contributed by atoms with Crippen LogP contribution in [0, 0.1) is 5.92 Å². The monoisotopic (exact) mass is 630 g/mol. The minimum atomic E-state index is 0. The van der Waals surface area contributed by atoms with E-state index in [1.807, 2.05) is 18.2 Å². The van der Waals surface area contributed by atoms with Gasteiger partial charge in [-0.2, -0.15) is 0 Å². The van der Waals surface area contributed by atoms with E-state index in [0.29, 0.717) is 48.4 Å². The van der Waals surface area contributed by atoms with Crippen LogP contribution < -0.4 is 18.9 Å². The number of methoxy groups -OCH3 is 3. The number of fused-ring (bicyclic) bond motifs is 1. The lowest BCUT2D eigenvalue weighted by molar-refractivity contribution is -0.119. The number of piperidine rings is 1. The second kappa shape index (κ2) is 16.8. The van der Waals surface area contributed by atoms with E-state index in [-0.39, 0.29) is 24.8 Å². The molecule has 3 aromatic carbocycles. The lowest BCUT2D eigenvalue weighted by Gasteiger charge is -2.32. The van der Waals surface area contributed by atoms with Gasteiger partial charge in [-0.15, -0.1) is 24.8 Å². The molecule has 0 atom stereocenters. The lowest BCUT2D eigenvalue weighted by Crippen LogP contribution is -2.34. The topological polar surface area (TPSA) is 60.5 Å². The minimum Gasteiger partial charge on any atom is -0.493 e. The van der Waals surface area contributed by atoms with Crippen LogP contribution in [0.2, 0.25) is 0 Å². The standard InChI is InChI=1S/C34H42N2O5.2ClH/c1-38-32-20-28(21-33(39-2)34(32)40-3)23-35-13-11-25(12-14-35)18-30(37)19-27-9-10-31-29(17-27)24-36(15-16-41-31)22-26-7-5-4-6-8-26;;/h4-10,17,20-21,25H,11-16,18-19,22-24H2,1-3H3;2*1H. The number of hydrogen-bond acceptors (Lipinski definition) is 7. The van der Waals surface area contributed by atoms with E-state index in [4.69, 9.17) is 18.9 Å². The molecule has 0 saturated carbocycles. The molecule has 0 N–H and O–H groups in total. The molecular weight excluding hydrogens is 587 g/mol. The maximum atomic E-state index is 13.1. The van der Waals surface area contributed by atoms with Gasteiger partial charge in [-0.3, -0.25) is 14.6 Å². The Morgan fingerprint density at radius 2 is 1.47 bits per heavy atom. The highest BCUT2D eigenvalue weighted by Crippen LogP contribution is 2.38. The normalized spacial score (nSPS) is 15.6. The molecule has 0 spiro atoms. The lowest BCUT2D eigenvalue weighted by atomic mass is 9.89. The van der Waals surface area contributed by atoms with E-state index in [1.54, 1.807) is 21.3 Å². The molecule has 1 saturated heterocycles. The van der Waals surface area contributed by atoms with Crippen LogP contribution in [0.3, 0.4) is 0 Å². The fourth-order valence-corrected chi connectivity index (χ4v) is 6.04. The first kappa shape index (κ1) is 34.5. The summed E-state index contributed by atoms with van der Waals surface area (Å²) in [4.78, 5) is 18.0. The molecule has 0 radical (unpaired) electrons. The Bertz CT molecular complexity index is 1290. The van der Waals surface area contributed by atoms with Gasteiger partial charge < -0.3 is 18.9 Å². The Balaban J connectivity index is 0.00000253. The molecular formula is C34H44Cl2N2O5. The molecule has 2 aliphatic heterocycles. The number of nitrogens with zero attached hydrogens (tertiary/aromatic N) is 2. The van der Waals surface area contributed by atoms with Gasteiger partial charge in [0.05, 0.1) is 21.3 Å². The maximum Gasteiger partial charge on any atom is 0.203 e. The Morgan fingerprint density at radius 3 is 2.12 bits per heavy atom. The number of Topliss-reactive ketones (excluding diaryl/α,β-unsaturated/α-hetero) is 1. The summed E-state index contributed by atoms with van der Waals surface area (Å²) in [7, 11) is 4.90. The van der Waals surface area contributed by atoms with Gasteiger partial charge in [0.2, 0.25) is 5.75 Å². The van der Waals surface area contributed by atoms with Crippen LogP contribution in [0.5, 0.6) is 23.0 Å². The predicted octanol–water partition coefficient (Wildman–Crippen LogP) is 6.36. The van der Waals surface area contributed by atoms with E-state index >= 15 is 0 Å². The van der Waals surface area contributed by atoms with Crippen LogP contribution in [0.15, 0.2) is 60.7 Å². The first-order chi connectivity index (χ1) is 20.0. The minimum absolute atomic E-state index is 0. The van der Waals surface area contributed by atoms with Crippen LogP contribution in [-0.2, 0) is 30.8 Å². The Morgan fingerprint density at radius 1 is 0.791 bits per heavy atom. The summed E-state index contributed by atoms with van der Waals surface area (Å²) in [5.74, 6) is 3.66. The number of carbonyl (C=O) groups is 1. The third-order valence-corrected chi connectivity index (χ3v) is 8.19. The number of hydrogen-bond donors (Lipinski definition) is 0. The van der Waals surface area contributed by atoms with Gasteiger partial charge in [0, 0.05) is 44.6 Å². The quantitative estimate of drug-likeness (QED) is 0.244. The molecule has 3 aromatic rings. The molecule has 234 valence electrons. The zero-order valence-electron chi connectivity index (χ0n) is 25.4. The Hall–Kier alpha value is -2.97. The first-order valence-electron chi connectivity index (χ1n) is 14.6. The van der Waals surface area contributed by atoms with Gasteiger partial charge in [-0.05, 0) is 66.7 Å². The highest BCUT2D eigenvalue weighted by molar-refractivity contribution is 5.85. The van der Waals surface area contributed by atoms with Gasteiger partial charge in [0.25, 0.3) is 0 Å². The van der Waals surface area contributed by atoms with Crippen molar-refractivity contribution >= 4 is 30.6 Å². The van der Waals surface area contributed by atoms with Crippen molar-refractivity contribution in [2.24, 2.45) is 5.92 Å². The van der Waals surface area contributed by atoms with Crippen LogP contribution in [0.4, 0.5) is 0 Å². The Kier molecular flexibility index (Phi) is 13.5. The third-order valence-electron chi connectivity index (χ3n) is 8.19. The molecule has 0 unspecified atom stereocenters. The second-order valence-corrected chi connectivity index (χ2v) is 11.2. The van der Waals surface area contributed by atoms with Crippen molar-refractivity contribution < 1.29 is 23.7 Å². The van der Waals surface area contributed by atoms with Crippen molar-refractivity contribution in [3.8, 4) is 23.0 Å². The summed E-state index contributed by atoms with van der Waals surface area (Å²) in [6.07, 6.45) is 3.19. The highest BCUT2D eigenvalue weighted by atomic mass is 35.5. The number of carbonyl (C=O) groups excluding carboxylic acids is 1. The van der Waals surface area contributed by atoms with E-state index in [0.717, 1.165) is 69.0 Å². The molecule has 2 aliphatic rings. The zero-order chi connectivity index (χ0) is 28.6. The molecule has 0 amide bonds. The van der Waals surface area contributed by atoms with Gasteiger partial charge in [-0.1, -0.05) is 42.5 Å². The number of ether oxygens (including phenoxy) is 4. The Labute approximate surface area is 268 Å². The summed E-state index contributed by atoms with van der Waals surface area (Å²) in [5, 5.41) is 0. The molecule has 2 heterocycles. The summed E-state index contributed by atoms with van der Waals surface area (Å²) in [6, 6.07) is 20.9. The van der Waals surface area contributed by atoms with Crippen molar-refractivity contribution in [3.05, 3.63) is 82.9 Å². The third kappa shape index (κ3) is 9.26. The summed E-state index contributed by atoms with van der Waals surface area (Å²) < 4.78 is 22.5. The maximum absolute atomic E-state index is 13.1. The van der Waals surface area contributed by atoms with Crippen LogP contribution in [0.1, 0.15) is 41.5 Å². The van der Waals surface area contributed by atoms with Crippen molar-refractivity contribution in [1.29, 1.82) is 0 Å². The van der Waals surface area contributed by atoms with E-state index in [1.165, 1.54) is 11.1 Å². The highest BCUT2D eigenvalue weighted by Gasteiger charge is 2.23. The van der Waals surface area contributed by atoms with Crippen molar-refractivity contribution in [2.75, 3.05) is 47.6 Å². The van der Waals surface area contributed by atoms with E-state index < -0.39 is 0 Å². The number of ketones is 1. The molecule has 0 bridgehead atoms. The zero-order valence-corrected chi connectivity index (χ0v) is 27.0. The van der Waals surface area contributed by atoms with Crippen LogP contribution >= 0.6 is 24.8 Å². The van der Waals surface area contributed by atoms with Gasteiger partial charge in [-0.25, -0.2) is 0 Å². The largest absolute Gasteiger partial charge is 0.493 e. The SMILES string of the molecule is COc1cc(CN2CCC(CC(=O)Cc3ccc4c(c3)CN(Cc3ccccc3)CCO4)CC2)cc(OC)c1OC.Cl.Cl. The van der Waals surface area contributed by atoms with Crippen LogP contribution in [0.25, 0.3) is 0 Å². The summed E-state index contributed by atoms with van der Waals surface area (Å²) in [5.41, 5.74) is 4.68. The van der Waals surface area contributed by atoms with Gasteiger partial charge >= 0.3 is 0 Å². The average Bonchev–Trinajstić information content (AvgIpc) is 3.19. The van der Waals surface area contributed by atoms with E-state index in [9.17, 15) is 4.79 Å². The van der Waals surface area contributed by atoms with Gasteiger partial charge in [0.15, 0.2) is 11.5 Å². The molecule has 43 heavy (non-hydrogen) atoms. The fourth-order valence-electron chi connectivity index (χ4n) is 6.04. The average molecular weight is 632 g/mol. The second-order valence-electron chi connectivity index (χ2n) is 11.2. The van der Waals surface area contributed by atoms with Crippen LogP contribution in [-0.4, -0.2) is 63.2 Å².